The van der Waals surface area contributed by atoms with Gasteiger partial charge in [0.1, 0.15) is 5.82 Å². The Morgan fingerprint density at radius 3 is 2.88 bits per heavy atom. The molecule has 4 nitrogen and oxygen atoms in total. The van der Waals surface area contributed by atoms with E-state index >= 15 is 0 Å². The fourth-order valence-corrected chi connectivity index (χ4v) is 2.05. The number of urea groups is 1. The molecule has 92 valence electrons. The lowest BCUT2D eigenvalue weighted by Crippen LogP contribution is -2.52. The molecule has 17 heavy (non-hydrogen) atoms. The highest BCUT2D eigenvalue weighted by atomic mass is 35.5. The standard InChI is InChI=1S/C11H13ClFN3O/c12-9-3-1-4-10(13)8(9)7-15-5-2-6-16(14)11(15)17/h1,3-4H,2,5-7,14H2. The Morgan fingerprint density at radius 1 is 1.41 bits per heavy atom. The third-order valence-corrected chi connectivity index (χ3v) is 3.11. The van der Waals surface area contributed by atoms with E-state index in [1.54, 1.807) is 6.07 Å². The molecule has 2 amide bonds. The van der Waals surface area contributed by atoms with Crippen LogP contribution in [0.25, 0.3) is 0 Å². The second kappa shape index (κ2) is 4.89. The van der Waals surface area contributed by atoms with Gasteiger partial charge in [-0.3, -0.25) is 5.01 Å². The van der Waals surface area contributed by atoms with E-state index in [2.05, 4.69) is 0 Å². The van der Waals surface area contributed by atoms with Crippen molar-refractivity contribution in [1.82, 2.24) is 9.91 Å². The molecule has 1 aromatic rings. The summed E-state index contributed by atoms with van der Waals surface area (Å²) >= 11 is 5.91. The predicted octanol–water partition coefficient (Wildman–Crippen LogP) is 1.98. The number of carbonyl (C=O) groups is 1. The van der Waals surface area contributed by atoms with E-state index in [9.17, 15) is 9.18 Å². The highest BCUT2D eigenvalue weighted by molar-refractivity contribution is 6.31. The van der Waals surface area contributed by atoms with Gasteiger partial charge in [-0.2, -0.15) is 0 Å². The quantitative estimate of drug-likeness (QED) is 0.651. The van der Waals surface area contributed by atoms with E-state index in [1.807, 2.05) is 0 Å². The molecule has 1 heterocycles. The van der Waals surface area contributed by atoms with Crippen LogP contribution in [0.3, 0.4) is 0 Å². The zero-order valence-corrected chi connectivity index (χ0v) is 9.95. The van der Waals surface area contributed by atoms with Crippen LogP contribution in [0.5, 0.6) is 0 Å². The van der Waals surface area contributed by atoms with Gasteiger partial charge in [0.15, 0.2) is 0 Å². The van der Waals surface area contributed by atoms with Crippen LogP contribution in [-0.4, -0.2) is 29.0 Å². The Morgan fingerprint density at radius 2 is 2.18 bits per heavy atom. The van der Waals surface area contributed by atoms with Crippen molar-refractivity contribution in [3.8, 4) is 0 Å². The first kappa shape index (κ1) is 12.1. The van der Waals surface area contributed by atoms with Crippen molar-refractivity contribution in [1.29, 1.82) is 0 Å². The molecule has 2 N–H and O–H groups in total. The van der Waals surface area contributed by atoms with E-state index in [1.165, 1.54) is 17.0 Å². The molecule has 1 saturated heterocycles. The van der Waals surface area contributed by atoms with Crippen LogP contribution in [0.15, 0.2) is 18.2 Å². The molecule has 1 aliphatic heterocycles. The van der Waals surface area contributed by atoms with Crippen molar-refractivity contribution < 1.29 is 9.18 Å². The summed E-state index contributed by atoms with van der Waals surface area (Å²) in [6.45, 7) is 1.25. The Hall–Kier alpha value is -1.33. The molecule has 0 aromatic heterocycles. The minimum atomic E-state index is -0.403. The molecule has 0 spiro atoms. The summed E-state index contributed by atoms with van der Waals surface area (Å²) in [5.41, 5.74) is 0.331. The van der Waals surface area contributed by atoms with Crippen molar-refractivity contribution in [2.45, 2.75) is 13.0 Å². The normalized spacial score (nSPS) is 16.5. The molecule has 0 atom stereocenters. The molecule has 0 saturated carbocycles. The predicted molar refractivity (Wildman–Crippen MR) is 62.7 cm³/mol. The van der Waals surface area contributed by atoms with Crippen LogP contribution >= 0.6 is 11.6 Å². The molecule has 1 aliphatic rings. The average molecular weight is 258 g/mol. The summed E-state index contributed by atoms with van der Waals surface area (Å²) in [5, 5.41) is 1.46. The highest BCUT2D eigenvalue weighted by Gasteiger charge is 2.24. The van der Waals surface area contributed by atoms with Gasteiger partial charge in [-0.05, 0) is 18.6 Å². The van der Waals surface area contributed by atoms with E-state index < -0.39 is 5.82 Å². The zero-order chi connectivity index (χ0) is 12.4. The van der Waals surface area contributed by atoms with Crippen LogP contribution in [0.1, 0.15) is 12.0 Å². The number of nitrogens with zero attached hydrogens (tertiary/aromatic N) is 2. The van der Waals surface area contributed by atoms with Crippen molar-refractivity contribution >= 4 is 17.6 Å². The van der Waals surface area contributed by atoms with Crippen molar-refractivity contribution in [2.75, 3.05) is 13.1 Å². The van der Waals surface area contributed by atoms with Gasteiger partial charge in [0, 0.05) is 23.7 Å². The summed E-state index contributed by atoms with van der Waals surface area (Å²) in [5.74, 6) is 5.11. The SMILES string of the molecule is NN1CCCN(Cc2c(F)cccc2Cl)C1=O. The first-order valence-electron chi connectivity index (χ1n) is 5.33. The number of hydrazine groups is 1. The Bertz CT molecular complexity index is 420. The van der Waals surface area contributed by atoms with Crippen molar-refractivity contribution in [2.24, 2.45) is 5.84 Å². The molecule has 1 fully saturated rings. The molecular formula is C11H13ClFN3O. The van der Waals surface area contributed by atoms with Gasteiger partial charge in [-0.25, -0.2) is 15.0 Å². The fraction of sp³-hybridized carbons (Fsp3) is 0.364. The number of carbonyl (C=O) groups excluding carboxylic acids is 1. The van der Waals surface area contributed by atoms with Gasteiger partial charge in [0.05, 0.1) is 6.54 Å². The first-order valence-corrected chi connectivity index (χ1v) is 5.71. The molecule has 1 aromatic carbocycles. The number of hydrogen-bond donors (Lipinski definition) is 1. The largest absolute Gasteiger partial charge is 0.334 e. The maximum Gasteiger partial charge on any atom is 0.334 e. The second-order valence-corrected chi connectivity index (χ2v) is 4.36. The van der Waals surface area contributed by atoms with Crippen LogP contribution in [0.2, 0.25) is 5.02 Å². The second-order valence-electron chi connectivity index (χ2n) is 3.95. The molecule has 0 bridgehead atoms. The molecule has 0 radical (unpaired) electrons. The maximum atomic E-state index is 13.6. The highest BCUT2D eigenvalue weighted by Crippen LogP contribution is 2.22. The van der Waals surface area contributed by atoms with Gasteiger partial charge >= 0.3 is 6.03 Å². The minimum Gasteiger partial charge on any atom is -0.319 e. The lowest BCUT2D eigenvalue weighted by molar-refractivity contribution is 0.126. The van der Waals surface area contributed by atoms with E-state index in [0.717, 1.165) is 11.4 Å². The van der Waals surface area contributed by atoms with Crippen LogP contribution in [-0.2, 0) is 6.54 Å². The van der Waals surface area contributed by atoms with E-state index in [0.29, 0.717) is 23.7 Å². The summed E-state index contributed by atoms with van der Waals surface area (Å²) < 4.78 is 13.6. The molecule has 2 rings (SSSR count). The molecular weight excluding hydrogens is 245 g/mol. The zero-order valence-electron chi connectivity index (χ0n) is 9.20. The lowest BCUT2D eigenvalue weighted by atomic mass is 10.2. The number of halogens is 2. The number of benzene rings is 1. The first-order chi connectivity index (χ1) is 8.09. The summed E-state index contributed by atoms with van der Waals surface area (Å²) in [6.07, 6.45) is 0.772. The van der Waals surface area contributed by atoms with Crippen LogP contribution < -0.4 is 5.84 Å². The number of hydrogen-bond acceptors (Lipinski definition) is 2. The third-order valence-electron chi connectivity index (χ3n) is 2.75. The van der Waals surface area contributed by atoms with Crippen LogP contribution in [0.4, 0.5) is 9.18 Å². The average Bonchev–Trinajstić information content (AvgIpc) is 2.29. The third kappa shape index (κ3) is 2.50. The fourth-order valence-electron chi connectivity index (χ4n) is 1.83. The summed E-state index contributed by atoms with van der Waals surface area (Å²) in [6, 6.07) is 4.18. The lowest BCUT2D eigenvalue weighted by Gasteiger charge is -2.32. The Labute approximate surface area is 104 Å². The van der Waals surface area contributed by atoms with Gasteiger partial charge in [-0.15, -0.1) is 0 Å². The maximum absolute atomic E-state index is 13.6. The van der Waals surface area contributed by atoms with Gasteiger partial charge in [0.25, 0.3) is 0 Å². The number of nitrogens with two attached hydrogens (primary N) is 1. The summed E-state index contributed by atoms with van der Waals surface area (Å²) in [7, 11) is 0. The van der Waals surface area contributed by atoms with Gasteiger partial charge < -0.3 is 4.90 Å². The Kier molecular flexibility index (Phi) is 3.49. The monoisotopic (exact) mass is 257 g/mol. The number of amides is 2. The van der Waals surface area contributed by atoms with Crippen molar-refractivity contribution in [3.63, 3.8) is 0 Å². The van der Waals surface area contributed by atoms with E-state index in [-0.39, 0.29) is 12.6 Å². The van der Waals surface area contributed by atoms with Gasteiger partial charge in [-0.1, -0.05) is 17.7 Å². The molecule has 6 heteroatoms. The van der Waals surface area contributed by atoms with Gasteiger partial charge in [0.2, 0.25) is 0 Å². The van der Waals surface area contributed by atoms with Crippen LogP contribution in [0, 0.1) is 5.82 Å². The van der Waals surface area contributed by atoms with E-state index in [4.69, 9.17) is 17.4 Å². The topological polar surface area (TPSA) is 49.6 Å². The smallest absolute Gasteiger partial charge is 0.319 e. The minimum absolute atomic E-state index is 0.151. The molecule has 0 aliphatic carbocycles. The molecule has 0 unspecified atom stereocenters. The number of rotatable bonds is 2. The summed E-state index contributed by atoms with van der Waals surface area (Å²) in [4.78, 5) is 13.2. The van der Waals surface area contributed by atoms with Crippen molar-refractivity contribution in [3.05, 3.63) is 34.6 Å². The Balaban J connectivity index is 2.18.